The highest BCUT2D eigenvalue weighted by Crippen LogP contribution is 2.23. The lowest BCUT2D eigenvalue weighted by Crippen LogP contribution is -2.47. The summed E-state index contributed by atoms with van der Waals surface area (Å²) in [5.41, 5.74) is 3.41. The third-order valence-electron chi connectivity index (χ3n) is 2.91. The van der Waals surface area contributed by atoms with Crippen LogP contribution in [0, 0.1) is 0 Å². The van der Waals surface area contributed by atoms with Gasteiger partial charge in [-0.1, -0.05) is 33.6 Å². The summed E-state index contributed by atoms with van der Waals surface area (Å²) in [4.78, 5) is 0. The van der Waals surface area contributed by atoms with Crippen molar-refractivity contribution in [2.24, 2.45) is 5.84 Å². The van der Waals surface area contributed by atoms with E-state index in [0.29, 0.717) is 11.4 Å². The number of hydrazine groups is 1. The summed E-state index contributed by atoms with van der Waals surface area (Å²) in [5.74, 6) is 5.43. The molecule has 0 aliphatic carbocycles. The zero-order valence-electron chi connectivity index (χ0n) is 10.2. The predicted octanol–water partition coefficient (Wildman–Crippen LogP) is 1.91. The van der Waals surface area contributed by atoms with E-state index < -0.39 is 15.1 Å². The zero-order valence-corrected chi connectivity index (χ0v) is 13.3. The van der Waals surface area contributed by atoms with Gasteiger partial charge in [0.1, 0.15) is 0 Å². The molecule has 1 aromatic carbocycles. The summed E-state index contributed by atoms with van der Waals surface area (Å²) in [5, 5.41) is 0.00698. The highest BCUT2D eigenvalue weighted by atomic mass is 79.9. The molecule has 1 aromatic rings. The van der Waals surface area contributed by atoms with Crippen molar-refractivity contribution in [3.63, 3.8) is 0 Å². The van der Waals surface area contributed by atoms with Crippen molar-refractivity contribution >= 4 is 37.4 Å². The molecule has 2 unspecified atom stereocenters. The number of rotatable bonds is 5. The second-order valence-electron chi connectivity index (χ2n) is 4.25. The molecule has 0 saturated heterocycles. The molecular formula is C11H16BrClN2O2S. The van der Waals surface area contributed by atoms with Gasteiger partial charge in [0.05, 0.1) is 5.25 Å². The van der Waals surface area contributed by atoms with Crippen LogP contribution in [-0.4, -0.2) is 26.0 Å². The van der Waals surface area contributed by atoms with E-state index in [2.05, 4.69) is 21.4 Å². The van der Waals surface area contributed by atoms with Gasteiger partial charge in [0.15, 0.2) is 9.84 Å². The quantitative estimate of drug-likeness (QED) is 0.625. The number of halogens is 2. The minimum absolute atomic E-state index is 0.376. The average Bonchev–Trinajstić information content (AvgIpc) is 2.26. The molecule has 0 amide bonds. The zero-order chi connectivity index (χ0) is 13.9. The SMILES string of the molecule is CC(C(Cc1ccc(Br)cc1Cl)NN)S(C)(=O)=O. The van der Waals surface area contributed by atoms with Crippen LogP contribution in [0.4, 0.5) is 0 Å². The number of sulfone groups is 1. The minimum atomic E-state index is -3.15. The number of nitrogens with two attached hydrogens (primary N) is 1. The normalized spacial score (nSPS) is 15.4. The minimum Gasteiger partial charge on any atom is -0.271 e. The highest BCUT2D eigenvalue weighted by molar-refractivity contribution is 9.10. The van der Waals surface area contributed by atoms with Crippen molar-refractivity contribution in [2.45, 2.75) is 24.6 Å². The summed E-state index contributed by atoms with van der Waals surface area (Å²) in [6.07, 6.45) is 1.65. The maximum atomic E-state index is 11.5. The van der Waals surface area contributed by atoms with E-state index >= 15 is 0 Å². The van der Waals surface area contributed by atoms with Gasteiger partial charge in [-0.2, -0.15) is 0 Å². The molecule has 0 spiro atoms. The van der Waals surface area contributed by atoms with Gasteiger partial charge in [0, 0.05) is 21.8 Å². The first-order valence-corrected chi connectivity index (χ1v) is 8.47. The Bertz CT molecular complexity index is 522. The van der Waals surface area contributed by atoms with E-state index in [9.17, 15) is 8.42 Å². The smallest absolute Gasteiger partial charge is 0.151 e. The number of hydrogen-bond donors (Lipinski definition) is 2. The molecule has 0 aliphatic rings. The summed E-state index contributed by atoms with van der Waals surface area (Å²) in [6.45, 7) is 1.63. The molecule has 0 aliphatic heterocycles. The van der Waals surface area contributed by atoms with Crippen LogP contribution >= 0.6 is 27.5 Å². The first-order chi connectivity index (χ1) is 8.25. The van der Waals surface area contributed by atoms with Gasteiger partial charge in [0.2, 0.25) is 0 Å². The summed E-state index contributed by atoms with van der Waals surface area (Å²) in [6, 6.07) is 5.11. The third kappa shape index (κ3) is 4.20. The van der Waals surface area contributed by atoms with Crippen molar-refractivity contribution in [3.05, 3.63) is 33.3 Å². The average molecular weight is 356 g/mol. The Kier molecular flexibility index (Phi) is 5.61. The number of benzene rings is 1. The third-order valence-corrected chi connectivity index (χ3v) is 5.44. The van der Waals surface area contributed by atoms with Gasteiger partial charge >= 0.3 is 0 Å². The second kappa shape index (κ2) is 6.34. The molecule has 7 heteroatoms. The van der Waals surface area contributed by atoms with Crippen molar-refractivity contribution in [1.29, 1.82) is 0 Å². The number of hydrogen-bond acceptors (Lipinski definition) is 4. The van der Waals surface area contributed by atoms with Crippen LogP contribution in [0.5, 0.6) is 0 Å². The van der Waals surface area contributed by atoms with Gasteiger partial charge in [-0.05, 0) is 31.0 Å². The molecule has 4 nitrogen and oxygen atoms in total. The van der Waals surface area contributed by atoms with Gasteiger partial charge < -0.3 is 0 Å². The molecule has 0 fully saturated rings. The highest BCUT2D eigenvalue weighted by Gasteiger charge is 2.25. The van der Waals surface area contributed by atoms with Crippen molar-refractivity contribution in [3.8, 4) is 0 Å². The van der Waals surface area contributed by atoms with Gasteiger partial charge in [-0.3, -0.25) is 11.3 Å². The molecule has 3 N–H and O–H groups in total. The van der Waals surface area contributed by atoms with E-state index in [1.165, 1.54) is 6.26 Å². The van der Waals surface area contributed by atoms with Gasteiger partial charge in [-0.15, -0.1) is 0 Å². The Hall–Kier alpha value is -0.140. The lowest BCUT2D eigenvalue weighted by atomic mass is 10.0. The Morgan fingerprint density at radius 2 is 2.11 bits per heavy atom. The fourth-order valence-corrected chi connectivity index (χ4v) is 3.11. The molecule has 0 saturated carbocycles. The summed E-state index contributed by atoms with van der Waals surface area (Å²) >= 11 is 9.42. The van der Waals surface area contributed by atoms with E-state index in [1.807, 2.05) is 12.1 Å². The Morgan fingerprint density at radius 3 is 2.56 bits per heavy atom. The Morgan fingerprint density at radius 1 is 1.50 bits per heavy atom. The lowest BCUT2D eigenvalue weighted by Gasteiger charge is -2.22. The van der Waals surface area contributed by atoms with E-state index in [0.717, 1.165) is 10.0 Å². The number of nitrogens with one attached hydrogen (secondary N) is 1. The first kappa shape index (κ1) is 15.9. The van der Waals surface area contributed by atoms with Crippen LogP contribution in [0.3, 0.4) is 0 Å². The van der Waals surface area contributed by atoms with Crippen LogP contribution in [0.15, 0.2) is 22.7 Å². The molecule has 0 heterocycles. The largest absolute Gasteiger partial charge is 0.271 e. The second-order valence-corrected chi connectivity index (χ2v) is 7.97. The topological polar surface area (TPSA) is 72.2 Å². The van der Waals surface area contributed by atoms with Crippen LogP contribution in [0.2, 0.25) is 5.02 Å². The van der Waals surface area contributed by atoms with E-state index in [4.69, 9.17) is 17.4 Å². The van der Waals surface area contributed by atoms with Gasteiger partial charge in [-0.25, -0.2) is 8.42 Å². The molecule has 18 heavy (non-hydrogen) atoms. The Labute approximate surface area is 121 Å². The van der Waals surface area contributed by atoms with Crippen molar-refractivity contribution in [2.75, 3.05) is 6.26 Å². The standard InChI is InChI=1S/C11H16BrClN2O2S/c1-7(18(2,16)17)11(15-14)5-8-3-4-9(12)6-10(8)13/h3-4,6-7,11,15H,5,14H2,1-2H3. The first-order valence-electron chi connectivity index (χ1n) is 5.34. The lowest BCUT2D eigenvalue weighted by molar-refractivity contribution is 0.494. The van der Waals surface area contributed by atoms with E-state index in [-0.39, 0.29) is 6.04 Å². The van der Waals surface area contributed by atoms with Crippen LogP contribution in [0.1, 0.15) is 12.5 Å². The molecule has 1 rings (SSSR count). The van der Waals surface area contributed by atoms with Crippen LogP contribution in [-0.2, 0) is 16.3 Å². The van der Waals surface area contributed by atoms with Crippen LogP contribution < -0.4 is 11.3 Å². The molecule has 0 radical (unpaired) electrons. The predicted molar refractivity (Wildman–Crippen MR) is 78.3 cm³/mol. The maximum Gasteiger partial charge on any atom is 0.151 e. The van der Waals surface area contributed by atoms with E-state index in [1.54, 1.807) is 13.0 Å². The summed E-state index contributed by atoms with van der Waals surface area (Å²) < 4.78 is 23.9. The fraction of sp³-hybridized carbons (Fsp3) is 0.455. The van der Waals surface area contributed by atoms with Gasteiger partial charge in [0.25, 0.3) is 0 Å². The molecular weight excluding hydrogens is 340 g/mol. The fourth-order valence-electron chi connectivity index (χ4n) is 1.58. The molecule has 102 valence electrons. The van der Waals surface area contributed by atoms with Crippen LogP contribution in [0.25, 0.3) is 0 Å². The molecule has 2 atom stereocenters. The monoisotopic (exact) mass is 354 g/mol. The molecule has 0 aromatic heterocycles. The maximum absolute atomic E-state index is 11.5. The Balaban J connectivity index is 2.93. The van der Waals surface area contributed by atoms with Crippen molar-refractivity contribution in [1.82, 2.24) is 5.43 Å². The molecule has 0 bridgehead atoms. The summed E-state index contributed by atoms with van der Waals surface area (Å²) in [7, 11) is -3.15. The van der Waals surface area contributed by atoms with Crippen molar-refractivity contribution < 1.29 is 8.42 Å².